The lowest BCUT2D eigenvalue weighted by Gasteiger charge is -2.26. The van der Waals surface area contributed by atoms with Gasteiger partial charge < -0.3 is 13.7 Å². The first-order chi connectivity index (χ1) is 25.8. The highest BCUT2D eigenvalue weighted by Crippen LogP contribution is 2.46. The van der Waals surface area contributed by atoms with Crippen LogP contribution in [0.15, 0.2) is 173 Å². The lowest BCUT2D eigenvalue weighted by Crippen LogP contribution is -2.10. The Labute approximate surface area is 301 Å². The molecule has 0 fully saturated rings. The predicted molar refractivity (Wildman–Crippen MR) is 215 cm³/mol. The molecule has 5 nitrogen and oxygen atoms in total. The van der Waals surface area contributed by atoms with E-state index in [4.69, 9.17) is 8.83 Å². The van der Waals surface area contributed by atoms with E-state index in [9.17, 15) is 0 Å². The third kappa shape index (κ3) is 4.41. The second-order valence-corrected chi connectivity index (χ2v) is 14.0. The molecule has 0 atom stereocenters. The van der Waals surface area contributed by atoms with E-state index in [0.29, 0.717) is 0 Å². The number of hydrogen-bond donors (Lipinski definition) is 0. The first kappa shape index (κ1) is 29.0. The van der Waals surface area contributed by atoms with Crippen molar-refractivity contribution in [2.75, 3.05) is 4.90 Å². The summed E-state index contributed by atoms with van der Waals surface area (Å²) in [4.78, 5) is 11.4. The van der Waals surface area contributed by atoms with Crippen LogP contribution < -0.4 is 4.90 Å². The van der Waals surface area contributed by atoms with Crippen molar-refractivity contribution in [2.45, 2.75) is 0 Å². The first-order valence-electron chi connectivity index (χ1n) is 17.2. The number of para-hydroxylation sites is 2. The zero-order valence-corrected chi connectivity index (χ0v) is 28.5. The molecule has 244 valence electrons. The molecule has 11 rings (SSSR count). The van der Waals surface area contributed by atoms with Gasteiger partial charge in [0.1, 0.15) is 22.3 Å². The summed E-state index contributed by atoms with van der Waals surface area (Å²) in [6, 6.07) is 51.2. The number of thiophene rings is 1. The topological polar surface area (TPSA) is 55.3 Å². The van der Waals surface area contributed by atoms with Crippen molar-refractivity contribution in [1.82, 2.24) is 9.97 Å². The maximum absolute atomic E-state index is 6.36. The minimum atomic E-state index is 0.801. The van der Waals surface area contributed by atoms with Crippen LogP contribution in [0.3, 0.4) is 0 Å². The minimum absolute atomic E-state index is 0.801. The van der Waals surface area contributed by atoms with Crippen LogP contribution in [-0.4, -0.2) is 9.97 Å². The first-order valence-corrected chi connectivity index (χ1v) is 18.0. The molecule has 0 aliphatic carbocycles. The van der Waals surface area contributed by atoms with E-state index < -0.39 is 0 Å². The molecule has 52 heavy (non-hydrogen) atoms. The van der Waals surface area contributed by atoms with Crippen molar-refractivity contribution in [3.63, 3.8) is 0 Å². The van der Waals surface area contributed by atoms with Crippen LogP contribution in [0.25, 0.3) is 86.4 Å². The normalized spacial score (nSPS) is 11.8. The molecule has 0 aliphatic rings. The van der Waals surface area contributed by atoms with Gasteiger partial charge in [0.2, 0.25) is 0 Å². The lowest BCUT2D eigenvalue weighted by molar-refractivity contribution is 0.669. The van der Waals surface area contributed by atoms with Crippen molar-refractivity contribution >= 4 is 92.6 Å². The van der Waals surface area contributed by atoms with Gasteiger partial charge in [-0.05, 0) is 71.8 Å². The SMILES string of the molecule is c1ccc2c(c1)oc1c(-c3ccc(N(c4ccc(-c5cccc6c5oc5ccncc56)cc4)c4cccc5c4sc4ccccc45)cc3)ccnc12. The summed E-state index contributed by atoms with van der Waals surface area (Å²) in [5.41, 5.74) is 11.7. The Hall–Kier alpha value is -6.76. The molecule has 5 aromatic heterocycles. The van der Waals surface area contributed by atoms with Crippen LogP contribution in [0, 0.1) is 0 Å². The molecule has 11 aromatic rings. The highest BCUT2D eigenvalue weighted by Gasteiger charge is 2.20. The van der Waals surface area contributed by atoms with Crippen LogP contribution >= 0.6 is 11.3 Å². The zero-order valence-electron chi connectivity index (χ0n) is 27.7. The molecule has 0 saturated heterocycles. The lowest BCUT2D eigenvalue weighted by atomic mass is 10.0. The second-order valence-electron chi connectivity index (χ2n) is 13.0. The third-order valence-corrected chi connectivity index (χ3v) is 11.3. The van der Waals surface area contributed by atoms with Gasteiger partial charge in [0.25, 0.3) is 0 Å². The van der Waals surface area contributed by atoms with E-state index in [0.717, 1.165) is 83.3 Å². The summed E-state index contributed by atoms with van der Waals surface area (Å²) in [6.45, 7) is 0. The number of aromatic nitrogens is 2. The fourth-order valence-corrected chi connectivity index (χ4v) is 8.82. The molecular weight excluding hydrogens is 659 g/mol. The fourth-order valence-electron chi connectivity index (χ4n) is 7.62. The average molecular weight is 686 g/mol. The van der Waals surface area contributed by atoms with E-state index in [1.807, 2.05) is 54.1 Å². The van der Waals surface area contributed by atoms with Crippen molar-refractivity contribution in [1.29, 1.82) is 0 Å². The smallest absolute Gasteiger partial charge is 0.161 e. The molecule has 0 spiro atoms. The third-order valence-electron chi connectivity index (χ3n) is 10.1. The highest BCUT2D eigenvalue weighted by atomic mass is 32.1. The van der Waals surface area contributed by atoms with Crippen molar-refractivity contribution in [3.8, 4) is 22.3 Å². The molecule has 0 amide bonds. The fraction of sp³-hybridized carbons (Fsp3) is 0. The van der Waals surface area contributed by atoms with Gasteiger partial charge in [-0.1, -0.05) is 84.9 Å². The second kappa shape index (κ2) is 11.4. The van der Waals surface area contributed by atoms with Crippen LogP contribution in [0.2, 0.25) is 0 Å². The standard InChI is InChI=1S/C46H27N3O2S/c1-3-13-40-37(8-1)43-45(51-40)33(23-26-48-43)29-17-21-31(22-18-29)49(39-12-6-11-36-34-7-2-4-14-42(34)52-46(36)39)30-19-15-28(16-20-30)32-9-5-10-35-38-27-47-25-24-41(38)50-44(32)35/h1-27H. The highest BCUT2D eigenvalue weighted by molar-refractivity contribution is 7.26. The largest absolute Gasteiger partial charge is 0.455 e. The van der Waals surface area contributed by atoms with Crippen molar-refractivity contribution in [2.24, 2.45) is 0 Å². The van der Waals surface area contributed by atoms with Crippen molar-refractivity contribution < 1.29 is 8.83 Å². The Bertz CT molecular complexity index is 2980. The van der Waals surface area contributed by atoms with Gasteiger partial charge in [-0.15, -0.1) is 11.3 Å². The van der Waals surface area contributed by atoms with Crippen molar-refractivity contribution in [3.05, 3.63) is 164 Å². The van der Waals surface area contributed by atoms with E-state index in [1.54, 1.807) is 6.20 Å². The molecule has 0 unspecified atom stereocenters. The van der Waals surface area contributed by atoms with Crippen LogP contribution in [0.1, 0.15) is 0 Å². The molecule has 0 saturated carbocycles. The molecule has 5 heterocycles. The molecule has 0 bridgehead atoms. The maximum atomic E-state index is 6.36. The summed E-state index contributed by atoms with van der Waals surface area (Å²) < 4.78 is 15.2. The summed E-state index contributed by atoms with van der Waals surface area (Å²) in [7, 11) is 0. The Morgan fingerprint density at radius 1 is 0.481 bits per heavy atom. The number of benzene rings is 6. The van der Waals surface area contributed by atoms with Gasteiger partial charge in [-0.25, -0.2) is 0 Å². The molecule has 6 heteroatoms. The Morgan fingerprint density at radius 3 is 1.96 bits per heavy atom. The van der Waals surface area contributed by atoms with Crippen LogP contribution in [-0.2, 0) is 0 Å². The van der Waals surface area contributed by atoms with E-state index >= 15 is 0 Å². The van der Waals surface area contributed by atoms with E-state index in [1.165, 1.54) is 20.2 Å². The van der Waals surface area contributed by atoms with Gasteiger partial charge in [0, 0.05) is 72.7 Å². The molecule has 6 aromatic carbocycles. The Morgan fingerprint density at radius 2 is 1.13 bits per heavy atom. The summed E-state index contributed by atoms with van der Waals surface area (Å²) >= 11 is 1.83. The number of furan rings is 2. The molecule has 0 radical (unpaired) electrons. The van der Waals surface area contributed by atoms with E-state index in [-0.39, 0.29) is 0 Å². The number of nitrogens with zero attached hydrogens (tertiary/aromatic N) is 3. The average Bonchev–Trinajstić information content (AvgIpc) is 3.90. The number of rotatable bonds is 5. The van der Waals surface area contributed by atoms with Gasteiger partial charge >= 0.3 is 0 Å². The Kier molecular flexibility index (Phi) is 6.35. The van der Waals surface area contributed by atoms with Gasteiger partial charge in [-0.3, -0.25) is 9.97 Å². The van der Waals surface area contributed by atoms with Gasteiger partial charge in [-0.2, -0.15) is 0 Å². The van der Waals surface area contributed by atoms with Gasteiger partial charge in [0.05, 0.1) is 10.4 Å². The van der Waals surface area contributed by atoms with Crippen LogP contribution in [0.5, 0.6) is 0 Å². The summed E-state index contributed by atoms with van der Waals surface area (Å²) in [5, 5.41) is 5.64. The van der Waals surface area contributed by atoms with Crippen LogP contribution in [0.4, 0.5) is 17.1 Å². The molecule has 0 aliphatic heterocycles. The minimum Gasteiger partial charge on any atom is -0.455 e. The van der Waals surface area contributed by atoms with E-state index in [2.05, 4.69) is 130 Å². The number of anilines is 3. The predicted octanol–water partition coefficient (Wildman–Crippen LogP) is 13.4. The Balaban J connectivity index is 1.06. The zero-order chi connectivity index (χ0) is 34.2. The number of fused-ring (bicyclic) bond motifs is 9. The quantitative estimate of drug-likeness (QED) is 0.180. The summed E-state index contributed by atoms with van der Waals surface area (Å²) in [5.74, 6) is 0. The molecular formula is C46H27N3O2S. The monoisotopic (exact) mass is 685 g/mol. The molecule has 0 N–H and O–H groups in total. The maximum Gasteiger partial charge on any atom is 0.161 e. The summed E-state index contributed by atoms with van der Waals surface area (Å²) in [6.07, 6.45) is 5.51. The number of pyridine rings is 2. The number of hydrogen-bond acceptors (Lipinski definition) is 6. The van der Waals surface area contributed by atoms with Gasteiger partial charge in [0.15, 0.2) is 5.58 Å².